The molecule has 0 aliphatic carbocycles. The Hall–Kier alpha value is -3.80. The Labute approximate surface area is 167 Å². The lowest BCUT2D eigenvalue weighted by Crippen LogP contribution is -2.16. The highest BCUT2D eigenvalue weighted by Crippen LogP contribution is 2.27. The Morgan fingerprint density at radius 2 is 1.97 bits per heavy atom. The summed E-state index contributed by atoms with van der Waals surface area (Å²) in [4.78, 5) is 33.1. The highest BCUT2D eigenvalue weighted by Gasteiger charge is 2.24. The van der Waals surface area contributed by atoms with Gasteiger partial charge in [0.15, 0.2) is 5.69 Å². The van der Waals surface area contributed by atoms with Crippen molar-refractivity contribution in [2.75, 3.05) is 5.32 Å². The molecule has 0 saturated heterocycles. The minimum absolute atomic E-state index is 0.0196. The molecule has 2 heterocycles. The summed E-state index contributed by atoms with van der Waals surface area (Å²) in [5.41, 5.74) is 0.764. The van der Waals surface area contributed by atoms with Gasteiger partial charge < -0.3 is 20.0 Å². The van der Waals surface area contributed by atoms with Crippen molar-refractivity contribution in [3.05, 3.63) is 72.2 Å². The number of anilines is 1. The first kappa shape index (κ1) is 19.9. The van der Waals surface area contributed by atoms with E-state index in [1.165, 1.54) is 22.9 Å². The molecule has 0 aliphatic heterocycles. The third-order valence-electron chi connectivity index (χ3n) is 4.07. The summed E-state index contributed by atoms with van der Waals surface area (Å²) in [6.45, 7) is 3.25. The van der Waals surface area contributed by atoms with Gasteiger partial charge in [0.1, 0.15) is 5.76 Å². The van der Waals surface area contributed by atoms with E-state index in [-0.39, 0.29) is 34.5 Å². The second-order valence-corrected chi connectivity index (χ2v) is 6.41. The summed E-state index contributed by atoms with van der Waals surface area (Å²) < 4.78 is 6.45. The van der Waals surface area contributed by atoms with Crippen molar-refractivity contribution < 1.29 is 19.2 Å². The Morgan fingerprint density at radius 1 is 1.24 bits per heavy atom. The molecule has 0 radical (unpaired) electrons. The van der Waals surface area contributed by atoms with E-state index in [4.69, 9.17) is 16.1 Å². The number of benzene rings is 1. The van der Waals surface area contributed by atoms with Gasteiger partial charge in [-0.1, -0.05) is 16.8 Å². The van der Waals surface area contributed by atoms with Gasteiger partial charge in [-0.15, -0.1) is 0 Å². The quantitative estimate of drug-likeness (QED) is 0.469. The van der Waals surface area contributed by atoms with Crippen molar-refractivity contribution >= 4 is 34.7 Å². The highest BCUT2D eigenvalue weighted by molar-refractivity contribution is 6.34. The topological polar surface area (TPSA) is 159 Å². The molecule has 0 spiro atoms. The van der Waals surface area contributed by atoms with E-state index in [1.807, 2.05) is 0 Å². The lowest BCUT2D eigenvalue weighted by molar-refractivity contribution is -0.389. The monoisotopic (exact) mass is 420 g/mol. The first-order chi connectivity index (χ1) is 13.7. The van der Waals surface area contributed by atoms with E-state index < -0.39 is 15.8 Å². The molecule has 0 saturated carbocycles. The lowest BCUT2D eigenvalue weighted by Gasteiger charge is -2.07. The number of hydrogen-bond donors (Lipinski definition) is 1. The van der Waals surface area contributed by atoms with E-state index in [1.54, 1.807) is 13.8 Å². The number of halogens is 1. The number of nitro benzene ring substituents is 1. The molecule has 1 amide bonds. The molecule has 0 aliphatic rings. The maximum absolute atomic E-state index is 12.6. The molecule has 0 atom stereocenters. The zero-order chi connectivity index (χ0) is 21.3. The van der Waals surface area contributed by atoms with Crippen molar-refractivity contribution in [1.29, 1.82) is 0 Å². The number of amides is 1. The zero-order valence-corrected chi connectivity index (χ0v) is 15.8. The minimum atomic E-state index is -0.660. The molecule has 0 fully saturated rings. The van der Waals surface area contributed by atoms with Crippen LogP contribution in [0.4, 0.5) is 17.2 Å². The molecule has 3 rings (SSSR count). The minimum Gasteiger partial charge on any atom is -0.361 e. The van der Waals surface area contributed by atoms with Crippen molar-refractivity contribution in [1.82, 2.24) is 14.9 Å². The van der Waals surface area contributed by atoms with Gasteiger partial charge in [0.2, 0.25) is 0 Å². The molecule has 0 unspecified atom stereocenters. The zero-order valence-electron chi connectivity index (χ0n) is 15.1. The number of nitro groups is 2. The van der Waals surface area contributed by atoms with Crippen LogP contribution in [0.15, 0.2) is 28.8 Å². The summed E-state index contributed by atoms with van der Waals surface area (Å²) in [5.74, 6) is -0.644. The van der Waals surface area contributed by atoms with E-state index >= 15 is 0 Å². The van der Waals surface area contributed by atoms with Gasteiger partial charge >= 0.3 is 5.82 Å². The molecule has 1 aromatic carbocycles. The average Bonchev–Trinajstić information content (AvgIpc) is 3.20. The van der Waals surface area contributed by atoms with Crippen LogP contribution in [0.5, 0.6) is 0 Å². The first-order valence-corrected chi connectivity index (χ1v) is 8.44. The summed E-state index contributed by atoms with van der Waals surface area (Å²) in [6, 6.07) is 4.91. The first-order valence-electron chi connectivity index (χ1n) is 8.06. The van der Waals surface area contributed by atoms with Crippen LogP contribution >= 0.6 is 11.6 Å². The number of non-ortho nitro benzene ring substituents is 1. The predicted molar refractivity (Wildman–Crippen MR) is 100 cm³/mol. The van der Waals surface area contributed by atoms with Crippen molar-refractivity contribution in [3.8, 4) is 0 Å². The Bertz CT molecular complexity index is 1140. The largest absolute Gasteiger partial charge is 0.390 e. The molecule has 150 valence electrons. The number of nitrogens with zero attached hydrogens (tertiary/aromatic N) is 5. The van der Waals surface area contributed by atoms with Gasteiger partial charge in [0.05, 0.1) is 44.6 Å². The van der Waals surface area contributed by atoms with Crippen LogP contribution in [0.25, 0.3) is 0 Å². The van der Waals surface area contributed by atoms with Crippen LogP contribution in [0.1, 0.15) is 27.5 Å². The van der Waals surface area contributed by atoms with Gasteiger partial charge in [-0.25, -0.2) is 0 Å². The van der Waals surface area contributed by atoms with E-state index in [0.717, 1.165) is 6.07 Å². The lowest BCUT2D eigenvalue weighted by atomic mass is 10.1. The standard InChI is InChI=1S/C16H13ClN6O6/c1-8-5-14(23(27)28)19-21(8)7-11-9(2)29-20-15(11)16(24)18-13-4-3-10(22(25)26)6-12(13)17/h3-6H,7H2,1-2H3,(H,18,24). The van der Waals surface area contributed by atoms with Gasteiger partial charge in [0.25, 0.3) is 11.6 Å². The molecule has 3 aromatic rings. The predicted octanol–water partition coefficient (Wildman–Crippen LogP) is 3.26. The van der Waals surface area contributed by atoms with Gasteiger partial charge in [-0.3, -0.25) is 14.9 Å². The normalized spacial score (nSPS) is 10.7. The fraction of sp³-hybridized carbons (Fsp3) is 0.188. The Morgan fingerprint density at radius 3 is 2.55 bits per heavy atom. The van der Waals surface area contributed by atoms with Crippen LogP contribution < -0.4 is 5.32 Å². The fourth-order valence-electron chi connectivity index (χ4n) is 2.55. The molecule has 29 heavy (non-hydrogen) atoms. The van der Waals surface area contributed by atoms with E-state index in [9.17, 15) is 25.0 Å². The third kappa shape index (κ3) is 4.06. The molecular formula is C16H13ClN6O6. The maximum atomic E-state index is 12.6. The van der Waals surface area contributed by atoms with Gasteiger partial charge in [-0.05, 0) is 24.8 Å². The van der Waals surface area contributed by atoms with Crippen molar-refractivity contribution in [2.24, 2.45) is 0 Å². The summed E-state index contributed by atoms with van der Waals surface area (Å²) in [7, 11) is 0. The number of aryl methyl sites for hydroxylation is 2. The molecule has 2 aromatic heterocycles. The van der Waals surface area contributed by atoms with Crippen LogP contribution in [0, 0.1) is 34.1 Å². The van der Waals surface area contributed by atoms with Crippen molar-refractivity contribution in [2.45, 2.75) is 20.4 Å². The smallest absolute Gasteiger partial charge is 0.361 e. The summed E-state index contributed by atoms with van der Waals surface area (Å²) in [5, 5.41) is 31.8. The molecule has 13 heteroatoms. The van der Waals surface area contributed by atoms with Crippen LogP contribution in [-0.4, -0.2) is 30.7 Å². The Kier molecular flexibility index (Phi) is 5.28. The van der Waals surface area contributed by atoms with Crippen molar-refractivity contribution in [3.63, 3.8) is 0 Å². The average molecular weight is 421 g/mol. The van der Waals surface area contributed by atoms with Crippen LogP contribution in [0.3, 0.4) is 0 Å². The molecule has 12 nitrogen and oxygen atoms in total. The summed E-state index contributed by atoms with van der Waals surface area (Å²) in [6.07, 6.45) is 0. The Balaban J connectivity index is 1.86. The molecular weight excluding hydrogens is 408 g/mol. The van der Waals surface area contributed by atoms with Crippen LogP contribution in [0.2, 0.25) is 5.02 Å². The number of carbonyl (C=O) groups is 1. The van der Waals surface area contributed by atoms with E-state index in [0.29, 0.717) is 17.0 Å². The number of hydrogen-bond acceptors (Lipinski definition) is 8. The number of nitrogens with one attached hydrogen (secondary N) is 1. The van der Waals surface area contributed by atoms with Gasteiger partial charge in [-0.2, -0.15) is 4.68 Å². The number of rotatable bonds is 6. The SMILES string of the molecule is Cc1onc(C(=O)Nc2ccc([N+](=O)[O-])cc2Cl)c1Cn1nc([N+](=O)[O-])cc1C. The third-order valence-corrected chi connectivity index (χ3v) is 4.39. The molecule has 0 bridgehead atoms. The fourth-order valence-corrected chi connectivity index (χ4v) is 2.77. The van der Waals surface area contributed by atoms with Gasteiger partial charge in [0, 0.05) is 12.1 Å². The maximum Gasteiger partial charge on any atom is 0.390 e. The molecule has 1 N–H and O–H groups in total. The second-order valence-electron chi connectivity index (χ2n) is 6.00. The number of aromatic nitrogens is 3. The summed E-state index contributed by atoms with van der Waals surface area (Å²) >= 11 is 5.99. The van der Waals surface area contributed by atoms with Crippen LogP contribution in [-0.2, 0) is 6.54 Å². The second kappa shape index (κ2) is 7.67. The van der Waals surface area contributed by atoms with E-state index in [2.05, 4.69) is 15.6 Å². The highest BCUT2D eigenvalue weighted by atomic mass is 35.5. The number of carbonyl (C=O) groups excluding carboxylic acids is 1.